The summed E-state index contributed by atoms with van der Waals surface area (Å²) < 4.78 is 0. The fraction of sp³-hybridized carbons (Fsp3) is 1.00. The summed E-state index contributed by atoms with van der Waals surface area (Å²) in [6, 6.07) is 0. The van der Waals surface area contributed by atoms with Gasteiger partial charge in [0.25, 0.3) is 0 Å². The lowest BCUT2D eigenvalue weighted by atomic mass is 9.83. The first-order valence-electron chi connectivity index (χ1n) is 4.86. The van der Waals surface area contributed by atoms with Crippen LogP contribution in [0.1, 0.15) is 46.0 Å². The molecule has 1 saturated carbocycles. The fourth-order valence-electron chi connectivity index (χ4n) is 2.14. The van der Waals surface area contributed by atoms with Gasteiger partial charge in [-0.3, -0.25) is 0 Å². The maximum absolute atomic E-state index is 4.54. The van der Waals surface area contributed by atoms with E-state index >= 15 is 0 Å². The predicted octanol–water partition coefficient (Wildman–Crippen LogP) is 3.52. The van der Waals surface area contributed by atoms with Crippen LogP contribution in [0.4, 0.5) is 0 Å². The standard InChI is InChI=1S/C10H20S/c1-8(2)6-9-4-3-5-10(11)7-9/h8-11H,3-7H2,1-2H3. The quantitative estimate of drug-likeness (QED) is 0.605. The molecule has 0 aromatic heterocycles. The van der Waals surface area contributed by atoms with Gasteiger partial charge in [-0.15, -0.1) is 0 Å². The SMILES string of the molecule is CC(C)CC1CCCC(S)C1. The highest BCUT2D eigenvalue weighted by Crippen LogP contribution is 2.31. The van der Waals surface area contributed by atoms with Crippen LogP contribution in [0.5, 0.6) is 0 Å². The van der Waals surface area contributed by atoms with E-state index < -0.39 is 0 Å². The minimum absolute atomic E-state index is 0.701. The Morgan fingerprint density at radius 1 is 1.36 bits per heavy atom. The van der Waals surface area contributed by atoms with Crippen molar-refractivity contribution in [1.29, 1.82) is 0 Å². The van der Waals surface area contributed by atoms with E-state index in [2.05, 4.69) is 26.5 Å². The smallest absolute Gasteiger partial charge is 0.00194 e. The molecule has 0 aliphatic heterocycles. The molecular weight excluding hydrogens is 152 g/mol. The second kappa shape index (κ2) is 4.39. The Balaban J connectivity index is 2.23. The fourth-order valence-corrected chi connectivity index (χ4v) is 2.62. The highest BCUT2D eigenvalue weighted by molar-refractivity contribution is 7.80. The van der Waals surface area contributed by atoms with Crippen LogP contribution in [0.25, 0.3) is 0 Å². The molecule has 0 radical (unpaired) electrons. The van der Waals surface area contributed by atoms with Crippen molar-refractivity contribution in [1.82, 2.24) is 0 Å². The third-order valence-corrected chi connectivity index (χ3v) is 3.03. The van der Waals surface area contributed by atoms with Gasteiger partial charge in [0.15, 0.2) is 0 Å². The van der Waals surface area contributed by atoms with Crippen molar-refractivity contribution < 1.29 is 0 Å². The number of thiol groups is 1. The molecule has 2 atom stereocenters. The van der Waals surface area contributed by atoms with E-state index in [4.69, 9.17) is 0 Å². The largest absolute Gasteiger partial charge is 0.176 e. The molecule has 1 rings (SSSR count). The molecule has 0 nitrogen and oxygen atoms in total. The van der Waals surface area contributed by atoms with Gasteiger partial charge in [0.05, 0.1) is 0 Å². The van der Waals surface area contributed by atoms with E-state index in [-0.39, 0.29) is 0 Å². The Hall–Kier alpha value is 0.350. The van der Waals surface area contributed by atoms with Gasteiger partial charge in [0, 0.05) is 5.25 Å². The van der Waals surface area contributed by atoms with Crippen molar-refractivity contribution in [2.24, 2.45) is 11.8 Å². The first-order valence-corrected chi connectivity index (χ1v) is 5.38. The first kappa shape index (κ1) is 9.44. The maximum Gasteiger partial charge on any atom is 0.00194 e. The Morgan fingerprint density at radius 2 is 2.09 bits per heavy atom. The lowest BCUT2D eigenvalue weighted by molar-refractivity contribution is 0.312. The second-order valence-corrected chi connectivity index (χ2v) is 5.05. The Labute approximate surface area is 76.2 Å². The number of rotatable bonds is 2. The van der Waals surface area contributed by atoms with Crippen molar-refractivity contribution in [3.8, 4) is 0 Å². The molecule has 1 fully saturated rings. The van der Waals surface area contributed by atoms with Crippen LogP contribution in [-0.4, -0.2) is 5.25 Å². The molecule has 0 heterocycles. The molecular formula is C10H20S. The lowest BCUT2D eigenvalue weighted by Gasteiger charge is -2.27. The van der Waals surface area contributed by atoms with E-state index in [1.54, 1.807) is 0 Å². The highest BCUT2D eigenvalue weighted by Gasteiger charge is 2.19. The summed E-state index contributed by atoms with van der Waals surface area (Å²) in [6.07, 6.45) is 6.98. The summed E-state index contributed by atoms with van der Waals surface area (Å²) in [7, 11) is 0. The van der Waals surface area contributed by atoms with E-state index in [1.807, 2.05) is 0 Å². The van der Waals surface area contributed by atoms with Gasteiger partial charge in [-0.05, 0) is 31.1 Å². The summed E-state index contributed by atoms with van der Waals surface area (Å²) >= 11 is 4.54. The zero-order valence-electron chi connectivity index (χ0n) is 7.71. The second-order valence-electron chi connectivity index (χ2n) is 4.32. The summed E-state index contributed by atoms with van der Waals surface area (Å²) in [4.78, 5) is 0. The monoisotopic (exact) mass is 172 g/mol. The zero-order chi connectivity index (χ0) is 8.27. The maximum atomic E-state index is 4.54. The van der Waals surface area contributed by atoms with Gasteiger partial charge in [-0.25, -0.2) is 0 Å². The molecule has 11 heavy (non-hydrogen) atoms. The zero-order valence-corrected chi connectivity index (χ0v) is 8.61. The van der Waals surface area contributed by atoms with Gasteiger partial charge in [-0.2, -0.15) is 12.6 Å². The topological polar surface area (TPSA) is 0 Å². The summed E-state index contributed by atoms with van der Waals surface area (Å²) in [5.74, 6) is 1.85. The van der Waals surface area contributed by atoms with Crippen molar-refractivity contribution in [2.75, 3.05) is 0 Å². The third kappa shape index (κ3) is 3.50. The van der Waals surface area contributed by atoms with Gasteiger partial charge < -0.3 is 0 Å². The third-order valence-electron chi connectivity index (χ3n) is 2.56. The van der Waals surface area contributed by atoms with E-state index in [9.17, 15) is 0 Å². The van der Waals surface area contributed by atoms with Crippen LogP contribution in [0.3, 0.4) is 0 Å². The van der Waals surface area contributed by atoms with Crippen molar-refractivity contribution >= 4 is 12.6 Å². The predicted molar refractivity (Wildman–Crippen MR) is 54.2 cm³/mol. The van der Waals surface area contributed by atoms with E-state index in [0.717, 1.165) is 11.8 Å². The lowest BCUT2D eigenvalue weighted by Crippen LogP contribution is -2.16. The Bertz CT molecular complexity index is 107. The summed E-state index contributed by atoms with van der Waals surface area (Å²) in [5.41, 5.74) is 0. The molecule has 0 bridgehead atoms. The molecule has 0 N–H and O–H groups in total. The van der Waals surface area contributed by atoms with Crippen LogP contribution < -0.4 is 0 Å². The van der Waals surface area contributed by atoms with E-state index in [0.29, 0.717) is 5.25 Å². The molecule has 0 spiro atoms. The van der Waals surface area contributed by atoms with Crippen LogP contribution in [0.15, 0.2) is 0 Å². The van der Waals surface area contributed by atoms with Gasteiger partial charge in [-0.1, -0.05) is 26.7 Å². The van der Waals surface area contributed by atoms with Crippen molar-refractivity contribution in [2.45, 2.75) is 51.2 Å². The highest BCUT2D eigenvalue weighted by atomic mass is 32.1. The molecule has 0 amide bonds. The summed E-state index contributed by atoms with van der Waals surface area (Å²) in [5, 5.41) is 0.701. The molecule has 1 heteroatoms. The number of hydrogen-bond acceptors (Lipinski definition) is 1. The minimum Gasteiger partial charge on any atom is -0.176 e. The van der Waals surface area contributed by atoms with Gasteiger partial charge >= 0.3 is 0 Å². The van der Waals surface area contributed by atoms with Crippen molar-refractivity contribution in [3.63, 3.8) is 0 Å². The average molecular weight is 172 g/mol. The van der Waals surface area contributed by atoms with Crippen LogP contribution in [0.2, 0.25) is 0 Å². The Kier molecular flexibility index (Phi) is 3.77. The average Bonchev–Trinajstić information content (AvgIpc) is 1.85. The molecule has 0 saturated heterocycles. The summed E-state index contributed by atoms with van der Waals surface area (Å²) in [6.45, 7) is 4.64. The first-order chi connectivity index (χ1) is 5.18. The molecule has 1 aliphatic carbocycles. The molecule has 66 valence electrons. The molecule has 0 aromatic rings. The van der Waals surface area contributed by atoms with Crippen LogP contribution >= 0.6 is 12.6 Å². The molecule has 2 unspecified atom stereocenters. The normalized spacial score (nSPS) is 32.7. The van der Waals surface area contributed by atoms with Crippen molar-refractivity contribution in [3.05, 3.63) is 0 Å². The van der Waals surface area contributed by atoms with Crippen LogP contribution in [0, 0.1) is 11.8 Å². The van der Waals surface area contributed by atoms with Gasteiger partial charge in [0.2, 0.25) is 0 Å². The number of hydrogen-bond donors (Lipinski definition) is 1. The van der Waals surface area contributed by atoms with Crippen LogP contribution in [-0.2, 0) is 0 Å². The van der Waals surface area contributed by atoms with E-state index in [1.165, 1.54) is 32.1 Å². The molecule has 0 aromatic carbocycles. The van der Waals surface area contributed by atoms with Gasteiger partial charge in [0.1, 0.15) is 0 Å². The minimum atomic E-state index is 0.701. The molecule has 1 aliphatic rings. The Morgan fingerprint density at radius 3 is 2.64 bits per heavy atom.